The largest absolute Gasteiger partial charge is 0.494 e. The molecule has 4 N–H and O–H groups in total. The van der Waals surface area contributed by atoms with Gasteiger partial charge in [0, 0.05) is 25.0 Å². The van der Waals surface area contributed by atoms with Crippen molar-refractivity contribution in [1.29, 1.82) is 0 Å². The first-order valence-electron chi connectivity index (χ1n) is 26.5. The van der Waals surface area contributed by atoms with Crippen molar-refractivity contribution < 1.29 is 88.2 Å². The summed E-state index contributed by atoms with van der Waals surface area (Å²) in [5, 5.41) is 0. The van der Waals surface area contributed by atoms with Gasteiger partial charge in [-0.3, -0.25) is 0 Å². The first kappa shape index (κ1) is 66.0. The number of carbonyl (C=O) groups excluding carboxylic acids is 5. The highest BCUT2D eigenvalue weighted by Gasteiger charge is 2.27. The maximum Gasteiger partial charge on any atom is 0.389 e. The third kappa shape index (κ3) is 27.6. The van der Waals surface area contributed by atoms with Gasteiger partial charge in [0.2, 0.25) is 0 Å². The zero-order chi connectivity index (χ0) is 59.8. The smallest absolute Gasteiger partial charge is 0.389 e. The Morgan fingerprint density at radius 3 is 1.27 bits per heavy atom. The van der Waals surface area contributed by atoms with E-state index < -0.39 is 49.1 Å². The maximum atomic E-state index is 12.6. The number of unbranched alkanes of at least 4 members (excludes halogenated alkanes) is 6. The lowest BCUT2D eigenvalue weighted by atomic mass is 10.1. The predicted octanol–water partition coefficient (Wildman–Crippen LogP) is 13.8. The molecular formula is C61H68F6N2O13. The monoisotopic (exact) mass is 1150 g/mol. The number of hydrogen-bond acceptors (Lipinski definition) is 15. The first-order chi connectivity index (χ1) is 39.2. The molecule has 5 rings (SSSR count). The van der Waals surface area contributed by atoms with Crippen LogP contribution >= 0.6 is 0 Å². The number of hydrogen-bond donors (Lipinski definition) is 2. The average molecular weight is 1150 g/mol. The molecule has 0 unspecified atom stereocenters. The van der Waals surface area contributed by atoms with Gasteiger partial charge in [0.25, 0.3) is 0 Å². The molecule has 5 aromatic carbocycles. The van der Waals surface area contributed by atoms with Gasteiger partial charge in [0.1, 0.15) is 23.0 Å². The molecule has 0 aliphatic carbocycles. The van der Waals surface area contributed by atoms with Crippen molar-refractivity contribution in [2.75, 3.05) is 51.1 Å². The van der Waals surface area contributed by atoms with E-state index in [0.29, 0.717) is 60.2 Å². The van der Waals surface area contributed by atoms with Gasteiger partial charge in [-0.1, -0.05) is 35.9 Å². The summed E-state index contributed by atoms with van der Waals surface area (Å²) in [6.07, 6.45) is 1.41. The normalized spacial score (nSPS) is 11.3. The summed E-state index contributed by atoms with van der Waals surface area (Å²) in [5.41, 5.74) is 15.2. The SMILES string of the molecule is C/C=C/C(=O)OCCCCCCOc1c(N)cc(C(=O)OCCCCCCOC(=O)/C=C/c2ccc(OC(=O)c3ccc(OCCCC(F)(F)F)cc3)cc2)cc1N.Cc1ccc(OC(=O)c2ccc(OCCCC(F)(F)F)cc2)cc1. The van der Waals surface area contributed by atoms with E-state index in [9.17, 15) is 50.3 Å². The number of halogens is 6. The number of aryl methyl sites for hydroxylation is 1. The van der Waals surface area contributed by atoms with Gasteiger partial charge in [0.05, 0.1) is 67.7 Å². The van der Waals surface area contributed by atoms with Crippen LogP contribution in [0.4, 0.5) is 37.7 Å². The van der Waals surface area contributed by atoms with Gasteiger partial charge in [-0.2, -0.15) is 26.3 Å². The molecule has 0 spiro atoms. The molecule has 0 bridgehead atoms. The molecule has 0 radical (unpaired) electrons. The van der Waals surface area contributed by atoms with Crippen LogP contribution in [0.3, 0.4) is 0 Å². The van der Waals surface area contributed by atoms with Crippen LogP contribution in [-0.4, -0.2) is 81.8 Å². The Balaban J connectivity index is 0.000000498. The molecule has 0 heterocycles. The summed E-state index contributed by atoms with van der Waals surface area (Å²) in [6, 6.07) is 28.4. The van der Waals surface area contributed by atoms with Crippen molar-refractivity contribution in [2.24, 2.45) is 0 Å². The van der Waals surface area contributed by atoms with Gasteiger partial charge in [-0.25, -0.2) is 24.0 Å². The van der Waals surface area contributed by atoms with Crippen molar-refractivity contribution >= 4 is 47.3 Å². The Hall–Kier alpha value is -8.49. The number of nitrogens with two attached hydrogens (primary N) is 2. The second-order valence-corrected chi connectivity index (χ2v) is 18.3. The number of ether oxygens (including phenoxy) is 8. The third-order valence-electron chi connectivity index (χ3n) is 11.4. The lowest BCUT2D eigenvalue weighted by molar-refractivity contribution is -0.138. The number of allylic oxidation sites excluding steroid dienone is 1. The number of benzene rings is 5. The molecule has 442 valence electrons. The van der Waals surface area contributed by atoms with Crippen molar-refractivity contribution in [3.05, 3.63) is 155 Å². The predicted molar refractivity (Wildman–Crippen MR) is 296 cm³/mol. The van der Waals surface area contributed by atoms with E-state index >= 15 is 0 Å². The molecule has 15 nitrogen and oxygen atoms in total. The summed E-state index contributed by atoms with van der Waals surface area (Å²) in [5.74, 6) is -0.746. The molecule has 82 heavy (non-hydrogen) atoms. The maximum absolute atomic E-state index is 12.6. The fourth-order valence-electron chi connectivity index (χ4n) is 7.12. The number of rotatable bonds is 31. The second-order valence-electron chi connectivity index (χ2n) is 18.3. The lowest BCUT2D eigenvalue weighted by Crippen LogP contribution is -2.10. The van der Waals surface area contributed by atoms with Crippen LogP contribution < -0.4 is 35.2 Å². The van der Waals surface area contributed by atoms with E-state index in [2.05, 4.69) is 0 Å². The van der Waals surface area contributed by atoms with E-state index in [1.165, 1.54) is 72.8 Å². The molecule has 0 atom stereocenters. The highest BCUT2D eigenvalue weighted by Crippen LogP contribution is 2.32. The summed E-state index contributed by atoms with van der Waals surface area (Å²) in [4.78, 5) is 60.5. The number of anilines is 2. The van der Waals surface area contributed by atoms with E-state index in [1.54, 1.807) is 55.5 Å². The molecule has 0 amide bonds. The van der Waals surface area contributed by atoms with E-state index in [0.717, 1.165) is 44.1 Å². The summed E-state index contributed by atoms with van der Waals surface area (Å²) in [6.45, 7) is 4.74. The minimum absolute atomic E-state index is 0.0351. The quantitative estimate of drug-likeness (QED) is 0.00804. The van der Waals surface area contributed by atoms with Crippen LogP contribution in [0.2, 0.25) is 0 Å². The Morgan fingerprint density at radius 1 is 0.439 bits per heavy atom. The van der Waals surface area contributed by atoms with Gasteiger partial charge in [-0.15, -0.1) is 0 Å². The average Bonchev–Trinajstić information content (AvgIpc) is 3.65. The van der Waals surface area contributed by atoms with E-state index in [4.69, 9.17) is 49.4 Å². The second kappa shape index (κ2) is 35.3. The van der Waals surface area contributed by atoms with Gasteiger partial charge >= 0.3 is 42.2 Å². The number of alkyl halides is 6. The minimum Gasteiger partial charge on any atom is -0.494 e. The zero-order valence-electron chi connectivity index (χ0n) is 45.7. The molecule has 0 aliphatic heterocycles. The highest BCUT2D eigenvalue weighted by molar-refractivity contribution is 5.94. The molecular weight excluding hydrogens is 1080 g/mol. The van der Waals surface area contributed by atoms with Gasteiger partial charge < -0.3 is 49.4 Å². The van der Waals surface area contributed by atoms with Crippen LogP contribution in [0.5, 0.6) is 28.7 Å². The molecule has 21 heteroatoms. The highest BCUT2D eigenvalue weighted by atomic mass is 19.4. The Kier molecular flexibility index (Phi) is 28.4. The Morgan fingerprint density at radius 2 is 0.829 bits per heavy atom. The first-order valence-corrected chi connectivity index (χ1v) is 26.5. The van der Waals surface area contributed by atoms with Gasteiger partial charge in [-0.05, 0) is 175 Å². The van der Waals surface area contributed by atoms with Gasteiger partial charge in [0.15, 0.2) is 5.75 Å². The zero-order valence-corrected chi connectivity index (χ0v) is 45.7. The third-order valence-corrected chi connectivity index (χ3v) is 11.4. The van der Waals surface area contributed by atoms with Crippen LogP contribution in [0.15, 0.2) is 127 Å². The topological polar surface area (TPSA) is 211 Å². The number of esters is 5. The molecule has 0 fully saturated rings. The minimum atomic E-state index is -4.23. The standard InChI is InChI=1S/C43H51F3N2O10.C18H17F3O3/c1-2-12-38(49)54-24-7-3-5-9-26-56-40-36(47)29-33(30-37(40)48)41(51)57-27-10-6-4-8-25-55-39(50)22-15-31-13-18-35(19-14-31)58-42(52)32-16-20-34(21-17-32)53-28-11-23-43(44,45)46;1-13-3-7-16(8-4-13)24-17(22)14-5-9-15(10-6-14)23-12-2-11-18(19,20)21/h2,12-22,29-30H,3-11,23-28,47-48H2,1H3;3-10H,2,11-12H2,1H3/b12-2+,22-15+;. The van der Waals surface area contributed by atoms with Crippen LogP contribution in [-0.2, 0) is 23.8 Å². The van der Waals surface area contributed by atoms with Crippen LogP contribution in [0.25, 0.3) is 6.08 Å². The van der Waals surface area contributed by atoms with Crippen molar-refractivity contribution in [3.8, 4) is 28.7 Å². The van der Waals surface area contributed by atoms with E-state index in [-0.39, 0.29) is 73.5 Å². The van der Waals surface area contributed by atoms with E-state index in [1.807, 2.05) is 19.1 Å². The van der Waals surface area contributed by atoms with Crippen molar-refractivity contribution in [3.63, 3.8) is 0 Å². The molecule has 0 saturated carbocycles. The lowest BCUT2D eigenvalue weighted by Gasteiger charge is -2.13. The van der Waals surface area contributed by atoms with Crippen molar-refractivity contribution in [1.82, 2.24) is 0 Å². The molecule has 0 aromatic heterocycles. The summed E-state index contributed by atoms with van der Waals surface area (Å²) in [7, 11) is 0. The molecule has 0 aliphatic rings. The molecule has 0 saturated heterocycles. The Bertz CT molecular complexity index is 2800. The number of carbonyl (C=O) groups is 5. The Labute approximate surface area is 472 Å². The van der Waals surface area contributed by atoms with Crippen LogP contribution in [0, 0.1) is 6.92 Å². The fourth-order valence-corrected chi connectivity index (χ4v) is 7.12. The fraction of sp³-hybridized carbons (Fsp3) is 0.361. The molecule has 5 aromatic rings. The summed E-state index contributed by atoms with van der Waals surface area (Å²) < 4.78 is 115. The summed E-state index contributed by atoms with van der Waals surface area (Å²) >= 11 is 0. The van der Waals surface area contributed by atoms with Crippen molar-refractivity contribution in [2.45, 2.75) is 103 Å². The van der Waals surface area contributed by atoms with Crippen LogP contribution in [0.1, 0.15) is 126 Å². The number of nitrogen functional groups attached to an aromatic ring is 2.